The van der Waals surface area contributed by atoms with E-state index in [1.54, 1.807) is 24.3 Å². The van der Waals surface area contributed by atoms with Gasteiger partial charge in [0.2, 0.25) is 0 Å². The number of benzene rings is 2. The Kier molecular flexibility index (Phi) is 3.09. The van der Waals surface area contributed by atoms with Gasteiger partial charge in [0, 0.05) is 11.1 Å². The fraction of sp³-hybridized carbons (Fsp3) is 0.0667. The summed E-state index contributed by atoms with van der Waals surface area (Å²) in [7, 11) is 0. The minimum Gasteiger partial charge on any atom is -0.508 e. The highest BCUT2D eigenvalue weighted by atomic mass is 16.5. The zero-order chi connectivity index (χ0) is 13.9. The Balaban J connectivity index is 2.05. The van der Waals surface area contributed by atoms with Gasteiger partial charge in [-0.3, -0.25) is 4.79 Å². The van der Waals surface area contributed by atoms with Crippen LogP contribution in [0.3, 0.4) is 0 Å². The number of carbonyl (C=O) groups excluding carboxylic acids is 1. The molecule has 0 atom stereocenters. The highest BCUT2D eigenvalue weighted by Gasteiger charge is 2.09. The molecule has 1 aromatic heterocycles. The number of fused-ring (bicyclic) bond motifs is 1. The number of H-pyrrole nitrogens is 1. The summed E-state index contributed by atoms with van der Waals surface area (Å²) in [6, 6.07) is 12.5. The predicted octanol–water partition coefficient (Wildman–Crippen LogP) is 2.61. The van der Waals surface area contributed by atoms with Crippen LogP contribution in [0.25, 0.3) is 22.4 Å². The van der Waals surface area contributed by atoms with E-state index in [0.29, 0.717) is 12.3 Å². The summed E-state index contributed by atoms with van der Waals surface area (Å²) < 4.78 is 4.79. The van der Waals surface area contributed by atoms with Crippen molar-refractivity contribution in [2.24, 2.45) is 0 Å². The normalized spacial score (nSPS) is 10.6. The molecule has 0 aliphatic carbocycles. The van der Waals surface area contributed by atoms with Crippen LogP contribution in [0, 0.1) is 0 Å². The smallest absolute Gasteiger partial charge is 0.293 e. The van der Waals surface area contributed by atoms with E-state index in [4.69, 9.17) is 4.74 Å². The third-order valence-corrected chi connectivity index (χ3v) is 3.04. The highest BCUT2D eigenvalue weighted by Crippen LogP contribution is 2.24. The van der Waals surface area contributed by atoms with Crippen molar-refractivity contribution < 1.29 is 14.6 Å². The summed E-state index contributed by atoms with van der Waals surface area (Å²) in [4.78, 5) is 18.0. The summed E-state index contributed by atoms with van der Waals surface area (Å²) >= 11 is 0. The third kappa shape index (κ3) is 2.21. The molecule has 0 saturated heterocycles. The van der Waals surface area contributed by atoms with Gasteiger partial charge < -0.3 is 14.8 Å². The number of phenols is 1. The Labute approximate surface area is 114 Å². The molecule has 5 nitrogen and oxygen atoms in total. The van der Waals surface area contributed by atoms with Gasteiger partial charge in [0.15, 0.2) is 0 Å². The number of ether oxygens (including phenoxy) is 1. The number of aromatic nitrogens is 2. The molecule has 3 aromatic rings. The quantitative estimate of drug-likeness (QED) is 0.713. The SMILES string of the molecule is O=COCc1cccc2[nH]c(-c3ccc(O)cc3)nc12. The Bertz CT molecular complexity index is 747. The summed E-state index contributed by atoms with van der Waals surface area (Å²) in [5.74, 6) is 0.920. The van der Waals surface area contributed by atoms with Crippen LogP contribution in [-0.2, 0) is 16.1 Å². The number of aromatic hydroxyl groups is 1. The second kappa shape index (κ2) is 5.05. The molecule has 0 saturated carbocycles. The third-order valence-electron chi connectivity index (χ3n) is 3.04. The van der Waals surface area contributed by atoms with Crippen molar-refractivity contribution >= 4 is 17.5 Å². The molecule has 0 fully saturated rings. The molecule has 0 spiro atoms. The van der Waals surface area contributed by atoms with Gasteiger partial charge in [-0.2, -0.15) is 0 Å². The molecule has 0 amide bonds. The van der Waals surface area contributed by atoms with E-state index in [0.717, 1.165) is 22.2 Å². The number of imidazole rings is 1. The van der Waals surface area contributed by atoms with Crippen molar-refractivity contribution in [1.29, 1.82) is 0 Å². The Morgan fingerprint density at radius 1 is 1.20 bits per heavy atom. The maximum absolute atomic E-state index is 10.3. The number of para-hydroxylation sites is 1. The Morgan fingerprint density at radius 2 is 2.00 bits per heavy atom. The number of rotatable bonds is 4. The van der Waals surface area contributed by atoms with Crippen molar-refractivity contribution in [2.75, 3.05) is 0 Å². The fourth-order valence-corrected chi connectivity index (χ4v) is 2.09. The van der Waals surface area contributed by atoms with E-state index in [1.165, 1.54) is 0 Å². The zero-order valence-electron chi connectivity index (χ0n) is 10.5. The second-order valence-corrected chi connectivity index (χ2v) is 4.35. The summed E-state index contributed by atoms with van der Waals surface area (Å²) in [5.41, 5.74) is 3.37. The van der Waals surface area contributed by atoms with Gasteiger partial charge in [-0.15, -0.1) is 0 Å². The van der Waals surface area contributed by atoms with Gasteiger partial charge in [0.05, 0.1) is 11.0 Å². The molecule has 0 aliphatic rings. The van der Waals surface area contributed by atoms with Gasteiger partial charge in [-0.25, -0.2) is 4.98 Å². The molecule has 3 rings (SSSR count). The Hall–Kier alpha value is -2.82. The summed E-state index contributed by atoms with van der Waals surface area (Å²) in [6.45, 7) is 0.618. The zero-order valence-corrected chi connectivity index (χ0v) is 10.5. The van der Waals surface area contributed by atoms with Crippen molar-refractivity contribution in [2.45, 2.75) is 6.61 Å². The number of carbonyl (C=O) groups is 1. The van der Waals surface area contributed by atoms with E-state index < -0.39 is 0 Å². The minimum absolute atomic E-state index is 0.195. The molecule has 2 N–H and O–H groups in total. The summed E-state index contributed by atoms with van der Waals surface area (Å²) in [6.07, 6.45) is 0. The van der Waals surface area contributed by atoms with Crippen molar-refractivity contribution in [3.05, 3.63) is 48.0 Å². The first-order valence-electron chi connectivity index (χ1n) is 6.10. The number of phenolic OH excluding ortho intramolecular Hbond substituents is 1. The van der Waals surface area contributed by atoms with E-state index in [1.807, 2.05) is 18.2 Å². The van der Waals surface area contributed by atoms with Crippen molar-refractivity contribution in [3.8, 4) is 17.1 Å². The average Bonchev–Trinajstić information content (AvgIpc) is 2.90. The molecular formula is C15H12N2O3. The number of nitrogens with one attached hydrogen (secondary N) is 1. The molecule has 2 aromatic carbocycles. The number of nitrogens with zero attached hydrogens (tertiary/aromatic N) is 1. The monoisotopic (exact) mass is 268 g/mol. The molecule has 1 heterocycles. The van der Waals surface area contributed by atoms with Crippen molar-refractivity contribution in [1.82, 2.24) is 9.97 Å². The van der Waals surface area contributed by atoms with Crippen LogP contribution in [0.1, 0.15) is 5.56 Å². The van der Waals surface area contributed by atoms with Crippen LogP contribution in [-0.4, -0.2) is 21.5 Å². The minimum atomic E-state index is 0.195. The first kappa shape index (κ1) is 12.2. The topological polar surface area (TPSA) is 75.2 Å². The lowest BCUT2D eigenvalue weighted by Crippen LogP contribution is -1.91. The van der Waals surface area contributed by atoms with Gasteiger partial charge in [0.1, 0.15) is 18.2 Å². The lowest BCUT2D eigenvalue weighted by molar-refractivity contribution is -0.129. The highest BCUT2D eigenvalue weighted by molar-refractivity contribution is 5.82. The maximum atomic E-state index is 10.3. The van der Waals surface area contributed by atoms with Crippen molar-refractivity contribution in [3.63, 3.8) is 0 Å². The molecule has 100 valence electrons. The van der Waals surface area contributed by atoms with Crippen LogP contribution in [0.2, 0.25) is 0 Å². The second-order valence-electron chi connectivity index (χ2n) is 4.35. The van der Waals surface area contributed by atoms with Crippen LogP contribution in [0.4, 0.5) is 0 Å². The molecule has 20 heavy (non-hydrogen) atoms. The van der Waals surface area contributed by atoms with Crippen LogP contribution >= 0.6 is 0 Å². The lowest BCUT2D eigenvalue weighted by atomic mass is 10.2. The first-order valence-corrected chi connectivity index (χ1v) is 6.10. The molecule has 0 bridgehead atoms. The summed E-state index contributed by atoms with van der Waals surface area (Å²) in [5, 5.41) is 9.30. The Morgan fingerprint density at radius 3 is 2.75 bits per heavy atom. The van der Waals surface area contributed by atoms with E-state index in [-0.39, 0.29) is 12.4 Å². The molecule has 0 aliphatic heterocycles. The molecule has 0 radical (unpaired) electrons. The van der Waals surface area contributed by atoms with E-state index in [2.05, 4.69) is 9.97 Å². The van der Waals surface area contributed by atoms with Crippen LogP contribution < -0.4 is 0 Å². The van der Waals surface area contributed by atoms with Crippen LogP contribution in [0.15, 0.2) is 42.5 Å². The average molecular weight is 268 g/mol. The molecule has 0 unspecified atom stereocenters. The van der Waals surface area contributed by atoms with Gasteiger partial charge >= 0.3 is 0 Å². The van der Waals surface area contributed by atoms with Crippen LogP contribution in [0.5, 0.6) is 5.75 Å². The molecule has 5 heteroatoms. The van der Waals surface area contributed by atoms with Gasteiger partial charge in [-0.05, 0) is 30.3 Å². The van der Waals surface area contributed by atoms with E-state index in [9.17, 15) is 9.90 Å². The first-order chi connectivity index (χ1) is 9.78. The number of hydrogen-bond donors (Lipinski definition) is 2. The number of hydrogen-bond acceptors (Lipinski definition) is 4. The molecular weight excluding hydrogens is 256 g/mol. The maximum Gasteiger partial charge on any atom is 0.293 e. The standard InChI is InChI=1S/C15H12N2O3/c18-9-20-8-11-2-1-3-13-14(11)17-15(16-13)10-4-6-12(19)7-5-10/h1-7,9,19H,8H2,(H,16,17). The largest absolute Gasteiger partial charge is 0.508 e. The predicted molar refractivity (Wildman–Crippen MR) is 74.0 cm³/mol. The van der Waals surface area contributed by atoms with E-state index >= 15 is 0 Å². The van der Waals surface area contributed by atoms with Gasteiger partial charge in [-0.1, -0.05) is 12.1 Å². The fourth-order valence-electron chi connectivity index (χ4n) is 2.09. The number of aromatic amines is 1. The lowest BCUT2D eigenvalue weighted by Gasteiger charge is -1.99. The van der Waals surface area contributed by atoms with Gasteiger partial charge in [0.25, 0.3) is 6.47 Å².